The molecule has 2 unspecified atom stereocenters. The van der Waals surface area contributed by atoms with Gasteiger partial charge in [-0.25, -0.2) is 4.98 Å². The molecule has 1 aliphatic rings. The summed E-state index contributed by atoms with van der Waals surface area (Å²) < 4.78 is 13.1. The molecule has 1 aliphatic heterocycles. The van der Waals surface area contributed by atoms with Crippen molar-refractivity contribution in [2.24, 2.45) is 0 Å². The van der Waals surface area contributed by atoms with E-state index in [1.54, 1.807) is 7.11 Å². The van der Waals surface area contributed by atoms with Gasteiger partial charge in [0.15, 0.2) is 0 Å². The molecule has 5 heteroatoms. The van der Waals surface area contributed by atoms with Gasteiger partial charge in [0.1, 0.15) is 0 Å². The van der Waals surface area contributed by atoms with Crippen LogP contribution in [0.4, 0.5) is 5.95 Å². The Labute approximate surface area is 108 Å². The predicted octanol–water partition coefficient (Wildman–Crippen LogP) is 1.90. The van der Waals surface area contributed by atoms with Crippen molar-refractivity contribution >= 4 is 5.95 Å². The quantitative estimate of drug-likeness (QED) is 0.841. The van der Waals surface area contributed by atoms with Crippen LogP contribution < -0.4 is 5.32 Å². The number of imidazole rings is 1. The number of hydrogen-bond donors (Lipinski definition) is 1. The molecule has 18 heavy (non-hydrogen) atoms. The zero-order valence-corrected chi connectivity index (χ0v) is 11.5. The summed E-state index contributed by atoms with van der Waals surface area (Å²) in [7, 11) is 1.71. The van der Waals surface area contributed by atoms with Gasteiger partial charge < -0.3 is 19.4 Å². The van der Waals surface area contributed by atoms with Gasteiger partial charge in [-0.2, -0.15) is 0 Å². The summed E-state index contributed by atoms with van der Waals surface area (Å²) in [6, 6.07) is 0.244. The van der Waals surface area contributed by atoms with Crippen molar-refractivity contribution in [3.8, 4) is 0 Å². The van der Waals surface area contributed by atoms with E-state index in [4.69, 9.17) is 9.47 Å². The molecule has 1 fully saturated rings. The highest BCUT2D eigenvalue weighted by Gasteiger charge is 2.30. The number of ether oxygens (including phenoxy) is 2. The van der Waals surface area contributed by atoms with Crippen molar-refractivity contribution in [2.75, 3.05) is 25.6 Å². The molecule has 0 amide bonds. The summed E-state index contributed by atoms with van der Waals surface area (Å²) in [5.74, 6) is 0.885. The van der Waals surface area contributed by atoms with Crippen LogP contribution in [0.25, 0.3) is 0 Å². The molecular formula is C13H23N3O2. The van der Waals surface area contributed by atoms with Crippen LogP contribution in [0.2, 0.25) is 0 Å². The molecule has 102 valence electrons. The smallest absolute Gasteiger partial charge is 0.203 e. The van der Waals surface area contributed by atoms with Crippen LogP contribution in [0, 0.1) is 0 Å². The van der Waals surface area contributed by atoms with E-state index in [0.717, 1.165) is 31.9 Å². The van der Waals surface area contributed by atoms with E-state index in [-0.39, 0.29) is 11.6 Å². The Hall–Kier alpha value is -1.07. The van der Waals surface area contributed by atoms with Crippen LogP contribution in [0.15, 0.2) is 12.4 Å². The molecule has 2 rings (SSSR count). The van der Waals surface area contributed by atoms with E-state index in [1.807, 2.05) is 12.4 Å². The van der Waals surface area contributed by atoms with Crippen LogP contribution >= 0.6 is 0 Å². The molecule has 0 aliphatic carbocycles. The number of nitrogens with one attached hydrogen (secondary N) is 1. The number of methoxy groups -OCH3 is 1. The first-order chi connectivity index (χ1) is 8.63. The fourth-order valence-electron chi connectivity index (χ4n) is 2.41. The molecule has 1 aromatic rings. The van der Waals surface area contributed by atoms with Crippen molar-refractivity contribution in [1.82, 2.24) is 9.55 Å². The molecule has 5 nitrogen and oxygen atoms in total. The summed E-state index contributed by atoms with van der Waals surface area (Å²) in [5, 5.41) is 3.35. The second-order valence-corrected chi connectivity index (χ2v) is 5.28. The maximum atomic E-state index is 5.82. The number of hydrogen-bond acceptors (Lipinski definition) is 4. The summed E-state index contributed by atoms with van der Waals surface area (Å²) in [4.78, 5) is 4.35. The van der Waals surface area contributed by atoms with Crippen molar-refractivity contribution in [3.05, 3.63) is 12.4 Å². The molecule has 1 saturated heterocycles. The van der Waals surface area contributed by atoms with E-state index >= 15 is 0 Å². The highest BCUT2D eigenvalue weighted by Crippen LogP contribution is 2.27. The fraction of sp³-hybridized carbons (Fsp3) is 0.769. The maximum Gasteiger partial charge on any atom is 0.203 e. The van der Waals surface area contributed by atoms with Crippen molar-refractivity contribution in [1.29, 1.82) is 0 Å². The molecule has 1 N–H and O–H groups in total. The summed E-state index contributed by atoms with van der Waals surface area (Å²) in [6.07, 6.45) is 6.07. The molecule has 0 bridgehead atoms. The average molecular weight is 253 g/mol. The van der Waals surface area contributed by atoms with E-state index < -0.39 is 0 Å². The highest BCUT2D eigenvalue weighted by atomic mass is 16.5. The van der Waals surface area contributed by atoms with E-state index in [9.17, 15) is 0 Å². The van der Waals surface area contributed by atoms with Gasteiger partial charge in [-0.1, -0.05) is 0 Å². The van der Waals surface area contributed by atoms with Crippen molar-refractivity contribution in [2.45, 2.75) is 44.9 Å². The van der Waals surface area contributed by atoms with Gasteiger partial charge in [0, 0.05) is 32.2 Å². The van der Waals surface area contributed by atoms with Crippen LogP contribution in [0.1, 0.15) is 26.7 Å². The predicted molar refractivity (Wildman–Crippen MR) is 70.8 cm³/mol. The normalized spacial score (nSPS) is 25.3. The first kappa shape index (κ1) is 13.4. The Morgan fingerprint density at radius 1 is 1.67 bits per heavy atom. The van der Waals surface area contributed by atoms with Crippen molar-refractivity contribution in [3.63, 3.8) is 0 Å². The lowest BCUT2D eigenvalue weighted by Crippen LogP contribution is -2.31. The van der Waals surface area contributed by atoms with E-state index in [1.165, 1.54) is 0 Å². The van der Waals surface area contributed by atoms with E-state index in [0.29, 0.717) is 6.61 Å². The summed E-state index contributed by atoms with van der Waals surface area (Å²) in [5.41, 5.74) is -0.0539. The Bertz CT molecular complexity index is 372. The summed E-state index contributed by atoms with van der Waals surface area (Å²) in [6.45, 7) is 6.63. The second-order valence-electron chi connectivity index (χ2n) is 5.28. The zero-order chi connectivity index (χ0) is 13.0. The topological polar surface area (TPSA) is 48.3 Å². The SMILES string of the molecule is COCC(C)Nc1nccn1CC1(C)CCCO1. The Morgan fingerprint density at radius 3 is 3.17 bits per heavy atom. The monoisotopic (exact) mass is 253 g/mol. The highest BCUT2D eigenvalue weighted by molar-refractivity contribution is 5.27. The first-order valence-corrected chi connectivity index (χ1v) is 6.53. The van der Waals surface area contributed by atoms with Crippen LogP contribution in [0.5, 0.6) is 0 Å². The van der Waals surface area contributed by atoms with Gasteiger partial charge in [-0.05, 0) is 26.7 Å². The minimum absolute atomic E-state index is 0.0539. The lowest BCUT2D eigenvalue weighted by Gasteiger charge is -2.25. The van der Waals surface area contributed by atoms with Crippen LogP contribution in [-0.2, 0) is 16.0 Å². The van der Waals surface area contributed by atoms with Crippen LogP contribution in [-0.4, -0.2) is 41.5 Å². The average Bonchev–Trinajstić information content (AvgIpc) is 2.90. The molecule has 0 spiro atoms. The molecular weight excluding hydrogens is 230 g/mol. The number of aromatic nitrogens is 2. The Morgan fingerprint density at radius 2 is 2.50 bits per heavy atom. The van der Waals surface area contributed by atoms with Crippen LogP contribution in [0.3, 0.4) is 0 Å². The number of anilines is 1. The number of nitrogens with zero attached hydrogens (tertiary/aromatic N) is 2. The van der Waals surface area contributed by atoms with Gasteiger partial charge in [-0.3, -0.25) is 0 Å². The van der Waals surface area contributed by atoms with Gasteiger partial charge in [0.2, 0.25) is 5.95 Å². The third-order valence-electron chi connectivity index (χ3n) is 3.31. The molecule has 0 aromatic carbocycles. The minimum atomic E-state index is -0.0539. The third-order valence-corrected chi connectivity index (χ3v) is 3.31. The lowest BCUT2D eigenvalue weighted by molar-refractivity contribution is 0.00660. The summed E-state index contributed by atoms with van der Waals surface area (Å²) >= 11 is 0. The molecule has 0 saturated carbocycles. The van der Waals surface area contributed by atoms with Gasteiger partial charge in [0.25, 0.3) is 0 Å². The Kier molecular flexibility index (Phi) is 4.24. The Balaban J connectivity index is 1.99. The van der Waals surface area contributed by atoms with E-state index in [2.05, 4.69) is 28.7 Å². The molecule has 1 aromatic heterocycles. The van der Waals surface area contributed by atoms with Gasteiger partial charge in [-0.15, -0.1) is 0 Å². The van der Waals surface area contributed by atoms with Gasteiger partial charge in [0.05, 0.1) is 18.8 Å². The fourth-order valence-corrected chi connectivity index (χ4v) is 2.41. The lowest BCUT2D eigenvalue weighted by atomic mass is 10.0. The molecule has 0 radical (unpaired) electrons. The number of rotatable bonds is 6. The zero-order valence-electron chi connectivity index (χ0n) is 11.5. The first-order valence-electron chi connectivity index (χ1n) is 6.53. The largest absolute Gasteiger partial charge is 0.383 e. The minimum Gasteiger partial charge on any atom is -0.383 e. The third kappa shape index (κ3) is 3.23. The standard InChI is InChI=1S/C13H23N3O2/c1-11(9-17-3)15-12-14-6-7-16(12)10-13(2)5-4-8-18-13/h6-7,11H,4-5,8-10H2,1-3H3,(H,14,15). The van der Waals surface area contributed by atoms with Gasteiger partial charge >= 0.3 is 0 Å². The molecule has 2 heterocycles. The molecule has 2 atom stereocenters. The second kappa shape index (κ2) is 5.71. The maximum absolute atomic E-state index is 5.82. The van der Waals surface area contributed by atoms with Crippen molar-refractivity contribution < 1.29 is 9.47 Å².